The average Bonchev–Trinajstić information content (AvgIpc) is 2.62. The van der Waals surface area contributed by atoms with E-state index in [0.29, 0.717) is 11.8 Å². The first-order valence-electron chi connectivity index (χ1n) is 5.49. The summed E-state index contributed by atoms with van der Waals surface area (Å²) in [5.41, 5.74) is -0.173. The number of aliphatic hydroxyl groups is 1. The minimum absolute atomic E-state index is 0.173. The van der Waals surface area contributed by atoms with Crippen molar-refractivity contribution < 1.29 is 5.11 Å². The molecular formula is C11H20O. The van der Waals surface area contributed by atoms with Crippen LogP contribution in [0.4, 0.5) is 0 Å². The SMILES string of the molecule is CCCCC[C@@H]1CCC2C[C@]21O. The Morgan fingerprint density at radius 3 is 2.67 bits per heavy atom. The second-order valence-electron chi connectivity index (χ2n) is 4.66. The van der Waals surface area contributed by atoms with Gasteiger partial charge in [0.15, 0.2) is 0 Å². The minimum atomic E-state index is -0.173. The maximum atomic E-state index is 10.0. The molecule has 1 unspecified atom stereocenters. The van der Waals surface area contributed by atoms with E-state index in [-0.39, 0.29) is 5.60 Å². The molecule has 1 heteroatoms. The van der Waals surface area contributed by atoms with Crippen molar-refractivity contribution in [2.75, 3.05) is 0 Å². The number of fused-ring (bicyclic) bond motifs is 1. The van der Waals surface area contributed by atoms with Crippen molar-refractivity contribution in [3.63, 3.8) is 0 Å². The van der Waals surface area contributed by atoms with Crippen LogP contribution in [-0.4, -0.2) is 10.7 Å². The van der Waals surface area contributed by atoms with Gasteiger partial charge in [0.2, 0.25) is 0 Å². The van der Waals surface area contributed by atoms with Gasteiger partial charge in [-0.05, 0) is 37.5 Å². The molecule has 0 aliphatic heterocycles. The molecule has 0 aromatic rings. The zero-order valence-electron chi connectivity index (χ0n) is 8.05. The monoisotopic (exact) mass is 168 g/mol. The maximum absolute atomic E-state index is 10.0. The van der Waals surface area contributed by atoms with Crippen LogP contribution in [0.15, 0.2) is 0 Å². The van der Waals surface area contributed by atoms with Gasteiger partial charge in [0.05, 0.1) is 5.60 Å². The van der Waals surface area contributed by atoms with E-state index in [1.165, 1.54) is 38.5 Å². The Kier molecular flexibility index (Phi) is 2.16. The van der Waals surface area contributed by atoms with Gasteiger partial charge in [0.25, 0.3) is 0 Å². The fourth-order valence-corrected chi connectivity index (χ4v) is 2.88. The molecule has 1 nitrogen and oxygen atoms in total. The molecule has 0 saturated heterocycles. The lowest BCUT2D eigenvalue weighted by atomic mass is 9.94. The van der Waals surface area contributed by atoms with Crippen LogP contribution in [0.25, 0.3) is 0 Å². The number of hydrogen-bond acceptors (Lipinski definition) is 1. The molecule has 1 N–H and O–H groups in total. The lowest BCUT2D eigenvalue weighted by Crippen LogP contribution is -2.19. The third-order valence-corrected chi connectivity index (χ3v) is 3.85. The molecule has 0 heterocycles. The topological polar surface area (TPSA) is 20.2 Å². The highest BCUT2D eigenvalue weighted by atomic mass is 16.3. The summed E-state index contributed by atoms with van der Waals surface area (Å²) in [7, 11) is 0. The first-order valence-corrected chi connectivity index (χ1v) is 5.49. The van der Waals surface area contributed by atoms with Crippen LogP contribution in [-0.2, 0) is 0 Å². The van der Waals surface area contributed by atoms with Crippen molar-refractivity contribution in [3.8, 4) is 0 Å². The summed E-state index contributed by atoms with van der Waals surface area (Å²) in [6.45, 7) is 2.24. The van der Waals surface area contributed by atoms with Gasteiger partial charge in [-0.25, -0.2) is 0 Å². The molecule has 2 saturated carbocycles. The van der Waals surface area contributed by atoms with Gasteiger partial charge < -0.3 is 5.11 Å². The predicted octanol–water partition coefficient (Wildman–Crippen LogP) is 2.73. The van der Waals surface area contributed by atoms with Crippen molar-refractivity contribution >= 4 is 0 Å². The van der Waals surface area contributed by atoms with E-state index in [1.54, 1.807) is 0 Å². The molecule has 3 atom stereocenters. The second kappa shape index (κ2) is 3.02. The van der Waals surface area contributed by atoms with Crippen molar-refractivity contribution in [2.45, 2.75) is 57.5 Å². The Bertz CT molecular complexity index is 164. The molecule has 2 aliphatic carbocycles. The van der Waals surface area contributed by atoms with E-state index in [9.17, 15) is 5.11 Å². The molecule has 2 rings (SSSR count). The average molecular weight is 168 g/mol. The van der Waals surface area contributed by atoms with Gasteiger partial charge in [-0.1, -0.05) is 26.2 Å². The Morgan fingerprint density at radius 1 is 1.33 bits per heavy atom. The van der Waals surface area contributed by atoms with E-state index in [2.05, 4.69) is 6.92 Å². The molecule has 0 radical (unpaired) electrons. The Labute approximate surface area is 75.2 Å². The van der Waals surface area contributed by atoms with E-state index in [1.807, 2.05) is 0 Å². The second-order valence-corrected chi connectivity index (χ2v) is 4.66. The molecule has 2 fully saturated rings. The van der Waals surface area contributed by atoms with E-state index >= 15 is 0 Å². The number of hydrogen-bond donors (Lipinski definition) is 1. The van der Waals surface area contributed by atoms with Crippen LogP contribution in [0, 0.1) is 11.8 Å². The molecule has 0 aromatic carbocycles. The molecule has 0 bridgehead atoms. The summed E-state index contributed by atoms with van der Waals surface area (Å²) in [6.07, 6.45) is 8.96. The smallest absolute Gasteiger partial charge is 0.0708 e. The quantitative estimate of drug-likeness (QED) is 0.640. The fourth-order valence-electron chi connectivity index (χ4n) is 2.88. The Balaban J connectivity index is 1.74. The van der Waals surface area contributed by atoms with E-state index in [4.69, 9.17) is 0 Å². The lowest BCUT2D eigenvalue weighted by Gasteiger charge is -2.17. The predicted molar refractivity (Wildman–Crippen MR) is 49.9 cm³/mol. The minimum Gasteiger partial charge on any atom is -0.389 e. The van der Waals surface area contributed by atoms with Gasteiger partial charge in [-0.15, -0.1) is 0 Å². The van der Waals surface area contributed by atoms with Crippen molar-refractivity contribution in [3.05, 3.63) is 0 Å². The van der Waals surface area contributed by atoms with Crippen molar-refractivity contribution in [1.82, 2.24) is 0 Å². The summed E-state index contributed by atoms with van der Waals surface area (Å²) < 4.78 is 0. The summed E-state index contributed by atoms with van der Waals surface area (Å²) >= 11 is 0. The standard InChI is InChI=1S/C11H20O/c1-2-3-4-5-9-6-7-10-8-11(9,10)12/h9-10,12H,2-8H2,1H3/t9-,10?,11-/m1/s1. The zero-order chi connectivity index (χ0) is 8.60. The van der Waals surface area contributed by atoms with Crippen LogP contribution < -0.4 is 0 Å². The summed E-state index contributed by atoms with van der Waals surface area (Å²) in [6, 6.07) is 0. The Hall–Kier alpha value is -0.0400. The highest BCUT2D eigenvalue weighted by Crippen LogP contribution is 2.60. The highest BCUT2D eigenvalue weighted by molar-refractivity contribution is 5.12. The van der Waals surface area contributed by atoms with Gasteiger partial charge in [0.1, 0.15) is 0 Å². The Morgan fingerprint density at radius 2 is 2.17 bits per heavy atom. The van der Waals surface area contributed by atoms with Crippen LogP contribution in [0.3, 0.4) is 0 Å². The zero-order valence-corrected chi connectivity index (χ0v) is 8.05. The third kappa shape index (κ3) is 1.28. The van der Waals surface area contributed by atoms with Crippen molar-refractivity contribution in [2.24, 2.45) is 11.8 Å². The van der Waals surface area contributed by atoms with E-state index < -0.39 is 0 Å². The van der Waals surface area contributed by atoms with Crippen LogP contribution in [0.1, 0.15) is 51.9 Å². The lowest BCUT2D eigenvalue weighted by molar-refractivity contribution is 0.0832. The number of unbranched alkanes of at least 4 members (excludes halogenated alkanes) is 2. The van der Waals surface area contributed by atoms with Gasteiger partial charge >= 0.3 is 0 Å². The third-order valence-electron chi connectivity index (χ3n) is 3.85. The molecule has 0 spiro atoms. The van der Waals surface area contributed by atoms with E-state index in [0.717, 1.165) is 6.42 Å². The largest absolute Gasteiger partial charge is 0.389 e. The summed E-state index contributed by atoms with van der Waals surface area (Å²) in [5, 5.41) is 10.0. The summed E-state index contributed by atoms with van der Waals surface area (Å²) in [4.78, 5) is 0. The van der Waals surface area contributed by atoms with Crippen LogP contribution in [0.2, 0.25) is 0 Å². The van der Waals surface area contributed by atoms with Crippen LogP contribution >= 0.6 is 0 Å². The normalized spacial score (nSPS) is 44.5. The first kappa shape index (κ1) is 8.55. The molecule has 2 aliphatic rings. The van der Waals surface area contributed by atoms with Crippen LogP contribution in [0.5, 0.6) is 0 Å². The molecule has 70 valence electrons. The number of rotatable bonds is 4. The maximum Gasteiger partial charge on any atom is 0.0708 e. The molecule has 0 amide bonds. The first-order chi connectivity index (χ1) is 5.77. The van der Waals surface area contributed by atoms with Gasteiger partial charge in [-0.2, -0.15) is 0 Å². The highest BCUT2D eigenvalue weighted by Gasteiger charge is 2.61. The molecule has 0 aromatic heterocycles. The fraction of sp³-hybridized carbons (Fsp3) is 1.00. The molecular weight excluding hydrogens is 148 g/mol. The molecule has 12 heavy (non-hydrogen) atoms. The van der Waals surface area contributed by atoms with Gasteiger partial charge in [-0.3, -0.25) is 0 Å². The van der Waals surface area contributed by atoms with Gasteiger partial charge in [0, 0.05) is 0 Å². The van der Waals surface area contributed by atoms with Crippen molar-refractivity contribution in [1.29, 1.82) is 0 Å². The summed E-state index contributed by atoms with van der Waals surface area (Å²) in [5.74, 6) is 1.36.